The van der Waals surface area contributed by atoms with Crippen molar-refractivity contribution < 1.29 is 4.79 Å². The quantitative estimate of drug-likeness (QED) is 0.710. The zero-order valence-electron chi connectivity index (χ0n) is 14.7. The summed E-state index contributed by atoms with van der Waals surface area (Å²) in [6.45, 7) is 3.41. The van der Waals surface area contributed by atoms with E-state index in [2.05, 4.69) is 20.5 Å². The average molecular weight is 350 g/mol. The van der Waals surface area contributed by atoms with Crippen molar-refractivity contribution in [3.8, 4) is 0 Å². The number of hydrogen-bond donors (Lipinski definition) is 1. The number of carbonyl (C=O) groups is 1. The van der Waals surface area contributed by atoms with E-state index in [0.29, 0.717) is 18.0 Å². The maximum atomic E-state index is 12.7. The SMILES string of the molecule is CCn1ncnc1[C@H](NC(=O)c1cnn(Cc2ccccc2)c1)C1CC1. The largest absolute Gasteiger partial charge is 0.342 e. The Labute approximate surface area is 152 Å². The van der Waals surface area contributed by atoms with Gasteiger partial charge in [0.05, 0.1) is 24.3 Å². The second-order valence-electron chi connectivity index (χ2n) is 6.63. The first-order valence-electron chi connectivity index (χ1n) is 8.99. The summed E-state index contributed by atoms with van der Waals surface area (Å²) in [4.78, 5) is 17.1. The van der Waals surface area contributed by atoms with Gasteiger partial charge >= 0.3 is 0 Å². The van der Waals surface area contributed by atoms with Crippen LogP contribution in [0, 0.1) is 5.92 Å². The van der Waals surface area contributed by atoms with Gasteiger partial charge in [0.15, 0.2) is 0 Å². The van der Waals surface area contributed by atoms with Crippen molar-refractivity contribution in [2.45, 2.75) is 38.9 Å². The Kier molecular flexibility index (Phi) is 4.51. The van der Waals surface area contributed by atoms with Crippen LogP contribution in [0.4, 0.5) is 0 Å². The molecule has 1 aliphatic carbocycles. The fourth-order valence-corrected chi connectivity index (χ4v) is 3.14. The predicted octanol–water partition coefficient (Wildman–Crippen LogP) is 2.42. The lowest BCUT2D eigenvalue weighted by molar-refractivity contribution is 0.0928. The number of carbonyl (C=O) groups excluding carboxylic acids is 1. The number of hydrogen-bond acceptors (Lipinski definition) is 4. The van der Waals surface area contributed by atoms with Crippen molar-refractivity contribution in [3.05, 3.63) is 66.0 Å². The van der Waals surface area contributed by atoms with Crippen molar-refractivity contribution in [2.75, 3.05) is 0 Å². The van der Waals surface area contributed by atoms with Gasteiger partial charge in [-0.05, 0) is 31.2 Å². The molecule has 0 aliphatic heterocycles. The summed E-state index contributed by atoms with van der Waals surface area (Å²) in [6.07, 6.45) is 7.17. The third-order valence-corrected chi connectivity index (χ3v) is 4.69. The van der Waals surface area contributed by atoms with Crippen molar-refractivity contribution in [1.82, 2.24) is 29.9 Å². The molecule has 7 nitrogen and oxygen atoms in total. The highest BCUT2D eigenvalue weighted by Crippen LogP contribution is 2.40. The van der Waals surface area contributed by atoms with Crippen LogP contribution in [0.3, 0.4) is 0 Å². The molecule has 1 saturated carbocycles. The van der Waals surface area contributed by atoms with Gasteiger partial charge in [0.25, 0.3) is 5.91 Å². The third-order valence-electron chi connectivity index (χ3n) is 4.69. The Morgan fingerprint density at radius 2 is 2.08 bits per heavy atom. The fraction of sp³-hybridized carbons (Fsp3) is 0.368. The van der Waals surface area contributed by atoms with Crippen LogP contribution in [0.15, 0.2) is 49.1 Å². The minimum Gasteiger partial charge on any atom is -0.342 e. The van der Waals surface area contributed by atoms with E-state index in [1.807, 2.05) is 41.9 Å². The molecule has 0 radical (unpaired) electrons. The lowest BCUT2D eigenvalue weighted by Gasteiger charge is -2.17. The summed E-state index contributed by atoms with van der Waals surface area (Å²) >= 11 is 0. The summed E-state index contributed by atoms with van der Waals surface area (Å²) in [7, 11) is 0. The standard InChI is InChI=1S/C19H22N6O/c1-2-25-18(20-13-22-25)17(15-8-9-15)23-19(26)16-10-21-24(12-16)11-14-6-4-3-5-7-14/h3-7,10,12-13,15,17H,2,8-9,11H2,1H3,(H,23,26)/t17-/m1/s1. The van der Waals surface area contributed by atoms with Crippen molar-refractivity contribution in [3.63, 3.8) is 0 Å². The van der Waals surface area contributed by atoms with E-state index in [9.17, 15) is 4.79 Å². The van der Waals surface area contributed by atoms with E-state index in [-0.39, 0.29) is 11.9 Å². The van der Waals surface area contributed by atoms with Crippen LogP contribution in [-0.2, 0) is 13.1 Å². The molecule has 4 rings (SSSR count). The van der Waals surface area contributed by atoms with Gasteiger partial charge < -0.3 is 5.32 Å². The van der Waals surface area contributed by atoms with Crippen molar-refractivity contribution >= 4 is 5.91 Å². The fourth-order valence-electron chi connectivity index (χ4n) is 3.14. The Bertz CT molecular complexity index is 880. The molecular formula is C19H22N6O. The number of amides is 1. The first kappa shape index (κ1) is 16.5. The molecule has 2 heterocycles. The molecule has 0 saturated heterocycles. The van der Waals surface area contributed by atoms with Crippen LogP contribution < -0.4 is 5.32 Å². The van der Waals surface area contributed by atoms with Gasteiger partial charge in [-0.2, -0.15) is 10.2 Å². The zero-order chi connectivity index (χ0) is 17.9. The number of aromatic nitrogens is 5. The molecule has 1 N–H and O–H groups in total. The van der Waals surface area contributed by atoms with Gasteiger partial charge in [0.1, 0.15) is 12.2 Å². The summed E-state index contributed by atoms with van der Waals surface area (Å²) < 4.78 is 3.63. The lowest BCUT2D eigenvalue weighted by atomic mass is 10.1. The number of rotatable bonds is 7. The Morgan fingerprint density at radius 1 is 1.27 bits per heavy atom. The van der Waals surface area contributed by atoms with E-state index in [0.717, 1.165) is 30.8 Å². The Morgan fingerprint density at radius 3 is 2.81 bits per heavy atom. The molecule has 2 aromatic heterocycles. The van der Waals surface area contributed by atoms with Gasteiger partial charge in [0, 0.05) is 12.7 Å². The summed E-state index contributed by atoms with van der Waals surface area (Å²) in [5.74, 6) is 1.15. The zero-order valence-corrected chi connectivity index (χ0v) is 14.7. The first-order chi connectivity index (χ1) is 12.7. The molecule has 0 unspecified atom stereocenters. The van der Waals surface area contributed by atoms with Crippen LogP contribution in [0.2, 0.25) is 0 Å². The van der Waals surface area contributed by atoms with Crippen LogP contribution in [0.1, 0.15) is 47.6 Å². The van der Waals surface area contributed by atoms with E-state index in [4.69, 9.17) is 0 Å². The molecule has 0 spiro atoms. The van der Waals surface area contributed by atoms with E-state index in [1.54, 1.807) is 23.4 Å². The monoisotopic (exact) mass is 350 g/mol. The first-order valence-corrected chi connectivity index (χ1v) is 8.99. The summed E-state index contributed by atoms with van der Waals surface area (Å²) in [6, 6.07) is 9.97. The van der Waals surface area contributed by atoms with E-state index < -0.39 is 0 Å². The number of nitrogens with zero attached hydrogens (tertiary/aromatic N) is 5. The molecule has 1 amide bonds. The van der Waals surface area contributed by atoms with Crippen LogP contribution >= 0.6 is 0 Å². The van der Waals surface area contributed by atoms with Gasteiger partial charge in [-0.25, -0.2) is 9.67 Å². The van der Waals surface area contributed by atoms with Crippen LogP contribution in [-0.4, -0.2) is 30.5 Å². The minimum atomic E-state index is -0.119. The second-order valence-corrected chi connectivity index (χ2v) is 6.63. The van der Waals surface area contributed by atoms with Gasteiger partial charge in [0.2, 0.25) is 0 Å². The maximum Gasteiger partial charge on any atom is 0.255 e. The molecule has 134 valence electrons. The van der Waals surface area contributed by atoms with Crippen molar-refractivity contribution in [1.29, 1.82) is 0 Å². The lowest BCUT2D eigenvalue weighted by Crippen LogP contribution is -2.32. The molecule has 7 heteroatoms. The average Bonchev–Trinajstić information content (AvgIpc) is 3.21. The summed E-state index contributed by atoms with van der Waals surface area (Å²) in [5.41, 5.74) is 1.71. The minimum absolute atomic E-state index is 0.0950. The normalized spacial score (nSPS) is 15.0. The van der Waals surface area contributed by atoms with Crippen LogP contribution in [0.25, 0.3) is 0 Å². The van der Waals surface area contributed by atoms with E-state index >= 15 is 0 Å². The maximum absolute atomic E-state index is 12.7. The predicted molar refractivity (Wildman–Crippen MR) is 96.4 cm³/mol. The molecule has 0 bridgehead atoms. The smallest absolute Gasteiger partial charge is 0.255 e. The van der Waals surface area contributed by atoms with Crippen molar-refractivity contribution in [2.24, 2.45) is 5.92 Å². The molecular weight excluding hydrogens is 328 g/mol. The van der Waals surface area contributed by atoms with Gasteiger partial charge in [-0.15, -0.1) is 0 Å². The number of nitrogens with one attached hydrogen (secondary N) is 1. The van der Waals surface area contributed by atoms with E-state index in [1.165, 1.54) is 0 Å². The molecule has 26 heavy (non-hydrogen) atoms. The topological polar surface area (TPSA) is 77.6 Å². The number of benzene rings is 1. The molecule has 3 aromatic rings. The highest BCUT2D eigenvalue weighted by atomic mass is 16.1. The third kappa shape index (κ3) is 3.51. The molecule has 1 atom stereocenters. The van der Waals surface area contributed by atoms with Crippen LogP contribution in [0.5, 0.6) is 0 Å². The summed E-state index contributed by atoms with van der Waals surface area (Å²) in [5, 5.41) is 11.7. The molecule has 1 fully saturated rings. The van der Waals surface area contributed by atoms with Gasteiger partial charge in [-0.1, -0.05) is 30.3 Å². The second kappa shape index (κ2) is 7.11. The Balaban J connectivity index is 1.47. The number of aryl methyl sites for hydroxylation is 1. The molecule has 1 aromatic carbocycles. The highest BCUT2D eigenvalue weighted by molar-refractivity contribution is 5.93. The van der Waals surface area contributed by atoms with Gasteiger partial charge in [-0.3, -0.25) is 9.48 Å². The Hall–Kier alpha value is -2.96. The molecule has 1 aliphatic rings. The highest BCUT2D eigenvalue weighted by Gasteiger charge is 2.36.